The topological polar surface area (TPSA) is 79.7 Å². The van der Waals surface area contributed by atoms with Crippen LogP contribution in [0, 0.1) is 12.8 Å². The van der Waals surface area contributed by atoms with Gasteiger partial charge in [-0.1, -0.05) is 6.92 Å². The molecular weight excluding hydrogens is 248 g/mol. The van der Waals surface area contributed by atoms with Gasteiger partial charge in [-0.15, -0.1) is 0 Å². The largest absolute Gasteiger partial charge is 0.481 e. The Kier molecular flexibility index (Phi) is 5.44. The minimum Gasteiger partial charge on any atom is -0.481 e. The molecule has 1 rings (SSSR count). The molecule has 1 unspecified atom stereocenters. The Hall–Kier alpha value is -1.95. The third-order valence-electron chi connectivity index (χ3n) is 2.62. The minimum absolute atomic E-state index is 0.0635. The van der Waals surface area contributed by atoms with Crippen molar-refractivity contribution in [2.45, 2.75) is 13.8 Å². The van der Waals surface area contributed by atoms with Gasteiger partial charge in [0.05, 0.1) is 5.92 Å². The van der Waals surface area contributed by atoms with Crippen molar-refractivity contribution in [2.24, 2.45) is 5.92 Å². The van der Waals surface area contributed by atoms with Crippen LogP contribution in [0.25, 0.3) is 0 Å². The molecule has 1 aromatic heterocycles. The number of aromatic nitrogens is 1. The first-order valence-corrected chi connectivity index (χ1v) is 5.90. The normalized spacial score (nSPS) is 11.9. The first-order chi connectivity index (χ1) is 8.95. The number of aryl methyl sites for hydroxylation is 1. The second-order valence-electron chi connectivity index (χ2n) is 4.37. The predicted octanol–water partition coefficient (Wildman–Crippen LogP) is 1.09. The van der Waals surface area contributed by atoms with Crippen molar-refractivity contribution in [3.8, 4) is 0 Å². The summed E-state index contributed by atoms with van der Waals surface area (Å²) in [6.07, 6.45) is 1.59. The van der Waals surface area contributed by atoms with Crippen LogP contribution in [0.1, 0.15) is 12.5 Å². The van der Waals surface area contributed by atoms with E-state index < -0.39 is 11.9 Å². The molecular formula is C13H18N2O4. The number of ether oxygens (including phenoxy) is 1. The van der Waals surface area contributed by atoms with Gasteiger partial charge in [-0.2, -0.15) is 0 Å². The molecule has 1 N–H and O–H groups in total. The monoisotopic (exact) mass is 266 g/mol. The molecule has 0 radical (unpaired) electrons. The van der Waals surface area contributed by atoms with Gasteiger partial charge in [0.2, 0.25) is 0 Å². The second kappa shape index (κ2) is 6.84. The van der Waals surface area contributed by atoms with Crippen molar-refractivity contribution in [3.05, 3.63) is 23.9 Å². The number of carbonyl (C=O) groups excluding carboxylic acids is 1. The lowest BCUT2D eigenvalue weighted by molar-refractivity contribution is -0.140. The Balaban J connectivity index is 2.98. The minimum atomic E-state index is -0.956. The highest BCUT2D eigenvalue weighted by atomic mass is 16.5. The third kappa shape index (κ3) is 4.33. The maximum Gasteiger partial charge on any atom is 0.308 e. The quantitative estimate of drug-likeness (QED) is 0.833. The molecule has 1 atom stereocenters. The molecule has 6 nitrogen and oxygen atoms in total. The first kappa shape index (κ1) is 15.1. The second-order valence-corrected chi connectivity index (χ2v) is 4.37. The number of carbonyl (C=O) groups is 2. The summed E-state index contributed by atoms with van der Waals surface area (Å²) in [6.45, 7) is 3.38. The van der Waals surface area contributed by atoms with Crippen LogP contribution in [-0.2, 0) is 14.3 Å². The standard InChI is InChI=1S/C13H18N2O4/c1-9-4-5-14-11(6-9)15(12(16)8-19-3)7-10(2)13(17)18/h4-6,10H,7-8H2,1-3H3,(H,17,18). The van der Waals surface area contributed by atoms with E-state index in [1.54, 1.807) is 19.2 Å². The number of amides is 1. The average Bonchev–Trinajstić information content (AvgIpc) is 2.35. The molecule has 104 valence electrons. The van der Waals surface area contributed by atoms with Gasteiger partial charge in [-0.3, -0.25) is 14.5 Å². The van der Waals surface area contributed by atoms with Crippen LogP contribution in [0.5, 0.6) is 0 Å². The summed E-state index contributed by atoms with van der Waals surface area (Å²) >= 11 is 0. The zero-order valence-electron chi connectivity index (χ0n) is 11.3. The highest BCUT2D eigenvalue weighted by Crippen LogP contribution is 2.15. The lowest BCUT2D eigenvalue weighted by atomic mass is 10.1. The highest BCUT2D eigenvalue weighted by molar-refractivity contribution is 5.94. The van der Waals surface area contributed by atoms with E-state index in [0.29, 0.717) is 5.82 Å². The first-order valence-electron chi connectivity index (χ1n) is 5.90. The Morgan fingerprint density at radius 1 is 1.53 bits per heavy atom. The fraction of sp³-hybridized carbons (Fsp3) is 0.462. The van der Waals surface area contributed by atoms with Crippen LogP contribution >= 0.6 is 0 Å². The molecule has 0 fully saturated rings. The number of carboxylic acid groups (broad SMARTS) is 1. The highest BCUT2D eigenvalue weighted by Gasteiger charge is 2.22. The van der Waals surface area contributed by atoms with Crippen LogP contribution in [0.2, 0.25) is 0 Å². The van der Waals surface area contributed by atoms with E-state index in [1.807, 2.05) is 13.0 Å². The van der Waals surface area contributed by atoms with E-state index in [9.17, 15) is 9.59 Å². The van der Waals surface area contributed by atoms with Crippen LogP contribution < -0.4 is 4.90 Å². The smallest absolute Gasteiger partial charge is 0.308 e. The summed E-state index contributed by atoms with van der Waals surface area (Å²) < 4.78 is 4.81. The summed E-state index contributed by atoms with van der Waals surface area (Å²) in [7, 11) is 1.42. The number of carboxylic acids is 1. The fourth-order valence-electron chi connectivity index (χ4n) is 1.54. The van der Waals surface area contributed by atoms with E-state index in [4.69, 9.17) is 9.84 Å². The maximum atomic E-state index is 12.0. The summed E-state index contributed by atoms with van der Waals surface area (Å²) in [5, 5.41) is 8.95. The molecule has 19 heavy (non-hydrogen) atoms. The summed E-state index contributed by atoms with van der Waals surface area (Å²) in [4.78, 5) is 28.4. The zero-order valence-corrected chi connectivity index (χ0v) is 11.3. The Labute approximate surface area is 112 Å². The lowest BCUT2D eigenvalue weighted by Crippen LogP contribution is -2.39. The van der Waals surface area contributed by atoms with Crippen LogP contribution in [0.4, 0.5) is 5.82 Å². The van der Waals surface area contributed by atoms with Crippen molar-refractivity contribution in [2.75, 3.05) is 25.2 Å². The summed E-state index contributed by atoms with van der Waals surface area (Å²) in [6, 6.07) is 3.55. The van der Waals surface area contributed by atoms with Crippen molar-refractivity contribution in [1.29, 1.82) is 0 Å². The molecule has 0 saturated heterocycles. The van der Waals surface area contributed by atoms with Gasteiger partial charge >= 0.3 is 5.97 Å². The van der Waals surface area contributed by atoms with Gasteiger partial charge in [0, 0.05) is 19.9 Å². The predicted molar refractivity (Wildman–Crippen MR) is 70.0 cm³/mol. The van der Waals surface area contributed by atoms with Gasteiger partial charge in [0.25, 0.3) is 5.91 Å². The van der Waals surface area contributed by atoms with E-state index in [2.05, 4.69) is 4.98 Å². The molecule has 1 amide bonds. The molecule has 0 aliphatic heterocycles. The van der Waals surface area contributed by atoms with Crippen LogP contribution in [0.3, 0.4) is 0 Å². The van der Waals surface area contributed by atoms with Crippen molar-refractivity contribution in [3.63, 3.8) is 0 Å². The maximum absolute atomic E-state index is 12.0. The number of pyridine rings is 1. The van der Waals surface area contributed by atoms with Crippen LogP contribution in [-0.4, -0.2) is 42.2 Å². The van der Waals surface area contributed by atoms with Crippen molar-refractivity contribution in [1.82, 2.24) is 4.98 Å². The summed E-state index contributed by atoms with van der Waals surface area (Å²) in [5.41, 5.74) is 0.947. The van der Waals surface area contributed by atoms with E-state index in [0.717, 1.165) is 5.56 Å². The van der Waals surface area contributed by atoms with E-state index in [1.165, 1.54) is 12.0 Å². The van der Waals surface area contributed by atoms with Gasteiger partial charge in [0.1, 0.15) is 12.4 Å². The van der Waals surface area contributed by atoms with Crippen molar-refractivity contribution >= 4 is 17.7 Å². The zero-order chi connectivity index (χ0) is 14.4. The Morgan fingerprint density at radius 3 is 2.74 bits per heavy atom. The molecule has 0 bridgehead atoms. The third-order valence-corrected chi connectivity index (χ3v) is 2.62. The number of hydrogen-bond donors (Lipinski definition) is 1. The molecule has 0 spiro atoms. The van der Waals surface area contributed by atoms with Gasteiger partial charge < -0.3 is 9.84 Å². The van der Waals surface area contributed by atoms with E-state index >= 15 is 0 Å². The average molecular weight is 266 g/mol. The number of aliphatic carboxylic acids is 1. The van der Waals surface area contributed by atoms with E-state index in [-0.39, 0.29) is 19.1 Å². The number of methoxy groups -OCH3 is 1. The fourth-order valence-corrected chi connectivity index (χ4v) is 1.54. The Bertz CT molecular complexity index is 462. The SMILES string of the molecule is COCC(=O)N(CC(C)C(=O)O)c1cc(C)ccn1. The number of hydrogen-bond acceptors (Lipinski definition) is 4. The van der Waals surface area contributed by atoms with Gasteiger partial charge in [0.15, 0.2) is 0 Å². The molecule has 1 heterocycles. The molecule has 0 saturated carbocycles. The summed E-state index contributed by atoms with van der Waals surface area (Å²) in [5.74, 6) is -1.50. The number of rotatable bonds is 6. The molecule has 0 aliphatic rings. The number of anilines is 1. The van der Waals surface area contributed by atoms with Gasteiger partial charge in [-0.25, -0.2) is 4.98 Å². The lowest BCUT2D eigenvalue weighted by Gasteiger charge is -2.23. The van der Waals surface area contributed by atoms with Gasteiger partial charge in [-0.05, 0) is 24.6 Å². The van der Waals surface area contributed by atoms with Crippen molar-refractivity contribution < 1.29 is 19.4 Å². The molecule has 1 aromatic rings. The number of nitrogens with zero attached hydrogens (tertiary/aromatic N) is 2. The van der Waals surface area contributed by atoms with Crippen LogP contribution in [0.15, 0.2) is 18.3 Å². The molecule has 0 aliphatic carbocycles. The Morgan fingerprint density at radius 2 is 2.21 bits per heavy atom. The molecule has 0 aromatic carbocycles. The molecule has 6 heteroatoms.